The number of nitrogens with two attached hydrogens (primary N) is 1. The number of hydrogen-bond acceptors (Lipinski definition) is 4. The Morgan fingerprint density at radius 2 is 1.86 bits per heavy atom. The highest BCUT2D eigenvalue weighted by molar-refractivity contribution is 5.80. The lowest BCUT2D eigenvalue weighted by atomic mass is 9.91. The molecule has 2 N–H and O–H groups in total. The molecule has 0 radical (unpaired) electrons. The van der Waals surface area contributed by atoms with Crippen LogP contribution in [-0.2, 0) is 0 Å². The third-order valence-electron chi connectivity index (χ3n) is 4.36. The van der Waals surface area contributed by atoms with Gasteiger partial charge in [0.05, 0.1) is 18.4 Å². The monoisotopic (exact) mass is 286 g/mol. The van der Waals surface area contributed by atoms with Gasteiger partial charge in [-0.1, -0.05) is 49.0 Å². The molecule has 1 aromatic heterocycles. The van der Waals surface area contributed by atoms with Gasteiger partial charge in [0.15, 0.2) is 0 Å². The minimum absolute atomic E-state index is 0.388. The molecule has 1 fully saturated rings. The van der Waals surface area contributed by atoms with Crippen LogP contribution >= 0.6 is 0 Å². The van der Waals surface area contributed by atoms with Crippen molar-refractivity contribution in [3.8, 4) is 16.9 Å². The first-order chi connectivity index (χ1) is 10.3. The zero-order chi connectivity index (χ0) is 14.7. The molecule has 1 heterocycles. The van der Waals surface area contributed by atoms with Crippen molar-refractivity contribution in [2.24, 2.45) is 0 Å². The number of ether oxygens (including phenoxy) is 1. The van der Waals surface area contributed by atoms with E-state index in [0.29, 0.717) is 11.8 Å². The van der Waals surface area contributed by atoms with E-state index in [1.54, 1.807) is 7.11 Å². The molecule has 0 amide bonds. The fraction of sp³-hybridized carbons (Fsp3) is 0.471. The van der Waals surface area contributed by atoms with E-state index in [1.807, 2.05) is 24.3 Å². The van der Waals surface area contributed by atoms with Gasteiger partial charge in [-0.3, -0.25) is 0 Å². The standard InChI is InChI=1S/C17H22N2O2/c1-20-14-11-7-6-10-13(14)15-16(19-21-17(15)18)12-8-4-2-3-5-9-12/h6-7,10-12H,2-5,8-9,18H2,1H3. The Hall–Kier alpha value is -1.97. The van der Waals surface area contributed by atoms with Crippen LogP contribution in [0.3, 0.4) is 0 Å². The molecule has 0 aliphatic heterocycles. The highest BCUT2D eigenvalue weighted by atomic mass is 16.5. The van der Waals surface area contributed by atoms with Crippen LogP contribution in [-0.4, -0.2) is 12.3 Å². The third-order valence-corrected chi connectivity index (χ3v) is 4.36. The summed E-state index contributed by atoms with van der Waals surface area (Å²) < 4.78 is 10.8. The van der Waals surface area contributed by atoms with E-state index in [9.17, 15) is 0 Å². The fourth-order valence-corrected chi connectivity index (χ4v) is 3.27. The summed E-state index contributed by atoms with van der Waals surface area (Å²) in [5.74, 6) is 1.63. The molecule has 21 heavy (non-hydrogen) atoms. The second kappa shape index (κ2) is 6.20. The van der Waals surface area contributed by atoms with Crippen molar-refractivity contribution in [1.82, 2.24) is 5.16 Å². The van der Waals surface area contributed by atoms with Crippen molar-refractivity contribution in [2.75, 3.05) is 12.8 Å². The average Bonchev–Trinajstić information content (AvgIpc) is 2.74. The Kier molecular flexibility index (Phi) is 4.13. The summed E-state index contributed by atoms with van der Waals surface area (Å²) >= 11 is 0. The van der Waals surface area contributed by atoms with Crippen molar-refractivity contribution >= 4 is 5.88 Å². The maximum absolute atomic E-state index is 6.06. The van der Waals surface area contributed by atoms with Crippen molar-refractivity contribution in [3.63, 3.8) is 0 Å². The first-order valence-corrected chi connectivity index (χ1v) is 7.69. The molecular formula is C17H22N2O2. The second-order valence-corrected chi connectivity index (χ2v) is 5.70. The van der Waals surface area contributed by atoms with E-state index >= 15 is 0 Å². The van der Waals surface area contributed by atoms with E-state index < -0.39 is 0 Å². The highest BCUT2D eigenvalue weighted by Crippen LogP contribution is 2.42. The summed E-state index contributed by atoms with van der Waals surface area (Å²) in [6.45, 7) is 0. The van der Waals surface area contributed by atoms with E-state index in [4.69, 9.17) is 15.0 Å². The van der Waals surface area contributed by atoms with Crippen LogP contribution in [0.5, 0.6) is 5.75 Å². The first-order valence-electron chi connectivity index (χ1n) is 7.69. The number of para-hydroxylation sites is 1. The minimum Gasteiger partial charge on any atom is -0.496 e. The second-order valence-electron chi connectivity index (χ2n) is 5.70. The average molecular weight is 286 g/mol. The van der Waals surface area contributed by atoms with Gasteiger partial charge in [-0.05, 0) is 18.9 Å². The number of hydrogen-bond donors (Lipinski definition) is 1. The van der Waals surface area contributed by atoms with Gasteiger partial charge < -0.3 is 15.0 Å². The number of nitrogens with zero attached hydrogens (tertiary/aromatic N) is 1. The Morgan fingerprint density at radius 1 is 1.14 bits per heavy atom. The van der Waals surface area contributed by atoms with Crippen LogP contribution in [0.15, 0.2) is 28.8 Å². The summed E-state index contributed by atoms with van der Waals surface area (Å²) in [6.07, 6.45) is 7.45. The van der Waals surface area contributed by atoms with Gasteiger partial charge in [-0.2, -0.15) is 0 Å². The first kappa shape index (κ1) is 14.0. The molecule has 1 saturated carbocycles. The zero-order valence-electron chi connectivity index (χ0n) is 12.5. The van der Waals surface area contributed by atoms with Crippen LogP contribution in [0.25, 0.3) is 11.1 Å². The van der Waals surface area contributed by atoms with Crippen LogP contribution in [0.1, 0.15) is 50.1 Å². The molecular weight excluding hydrogens is 264 g/mol. The van der Waals surface area contributed by atoms with Gasteiger partial charge in [0, 0.05) is 11.5 Å². The van der Waals surface area contributed by atoms with Crippen molar-refractivity contribution < 1.29 is 9.26 Å². The lowest BCUT2D eigenvalue weighted by molar-refractivity contribution is 0.413. The van der Waals surface area contributed by atoms with Gasteiger partial charge in [0.2, 0.25) is 5.88 Å². The number of benzene rings is 1. The van der Waals surface area contributed by atoms with E-state index in [0.717, 1.165) is 35.4 Å². The van der Waals surface area contributed by atoms with Gasteiger partial charge in [0.25, 0.3) is 0 Å². The molecule has 1 aliphatic carbocycles. The minimum atomic E-state index is 0.388. The van der Waals surface area contributed by atoms with E-state index in [1.165, 1.54) is 25.7 Å². The third kappa shape index (κ3) is 2.75. The molecule has 112 valence electrons. The summed E-state index contributed by atoms with van der Waals surface area (Å²) in [6, 6.07) is 7.90. The zero-order valence-corrected chi connectivity index (χ0v) is 12.5. The SMILES string of the molecule is COc1ccccc1-c1c(C2CCCCCC2)noc1N. The maximum Gasteiger partial charge on any atom is 0.230 e. The van der Waals surface area contributed by atoms with Crippen LogP contribution in [0.4, 0.5) is 5.88 Å². The predicted molar refractivity (Wildman–Crippen MR) is 83.3 cm³/mol. The Labute approximate surface area is 125 Å². The molecule has 0 unspecified atom stereocenters. The van der Waals surface area contributed by atoms with Gasteiger partial charge in [0.1, 0.15) is 5.75 Å². The molecule has 0 bridgehead atoms. The van der Waals surface area contributed by atoms with Gasteiger partial charge >= 0.3 is 0 Å². The quantitative estimate of drug-likeness (QED) is 0.851. The van der Waals surface area contributed by atoms with Crippen molar-refractivity contribution in [3.05, 3.63) is 30.0 Å². The molecule has 3 rings (SSSR count). The Morgan fingerprint density at radius 3 is 2.57 bits per heavy atom. The summed E-state index contributed by atoms with van der Waals surface area (Å²) in [5, 5.41) is 4.28. The molecule has 2 aromatic rings. The highest BCUT2D eigenvalue weighted by Gasteiger charge is 2.26. The molecule has 1 aromatic carbocycles. The summed E-state index contributed by atoms with van der Waals surface area (Å²) in [5.41, 5.74) is 8.94. The normalized spacial score (nSPS) is 16.6. The number of nitrogen functional groups attached to an aromatic ring is 1. The number of anilines is 1. The predicted octanol–water partition coefficient (Wildman–Crippen LogP) is 4.37. The molecule has 4 nitrogen and oxygen atoms in total. The topological polar surface area (TPSA) is 61.3 Å². The molecule has 1 aliphatic rings. The Balaban J connectivity index is 2.04. The summed E-state index contributed by atoms with van der Waals surface area (Å²) in [7, 11) is 1.67. The van der Waals surface area contributed by atoms with E-state index in [-0.39, 0.29) is 0 Å². The van der Waals surface area contributed by atoms with Gasteiger partial charge in [-0.25, -0.2) is 0 Å². The van der Waals surface area contributed by atoms with Crippen LogP contribution in [0, 0.1) is 0 Å². The maximum atomic E-state index is 6.06. The Bertz CT molecular complexity index is 599. The van der Waals surface area contributed by atoms with Gasteiger partial charge in [-0.15, -0.1) is 0 Å². The van der Waals surface area contributed by atoms with E-state index in [2.05, 4.69) is 5.16 Å². The van der Waals surface area contributed by atoms with Crippen LogP contribution < -0.4 is 10.5 Å². The molecule has 0 spiro atoms. The smallest absolute Gasteiger partial charge is 0.230 e. The summed E-state index contributed by atoms with van der Waals surface area (Å²) in [4.78, 5) is 0. The lowest BCUT2D eigenvalue weighted by Gasteiger charge is -2.14. The van der Waals surface area contributed by atoms with Crippen LogP contribution in [0.2, 0.25) is 0 Å². The van der Waals surface area contributed by atoms with Crippen molar-refractivity contribution in [1.29, 1.82) is 0 Å². The fourth-order valence-electron chi connectivity index (χ4n) is 3.27. The molecule has 4 heteroatoms. The molecule has 0 saturated heterocycles. The number of methoxy groups -OCH3 is 1. The molecule has 0 atom stereocenters. The van der Waals surface area contributed by atoms with Crippen molar-refractivity contribution in [2.45, 2.75) is 44.4 Å². The lowest BCUT2D eigenvalue weighted by Crippen LogP contribution is -2.01. The number of aromatic nitrogens is 1. The largest absolute Gasteiger partial charge is 0.496 e. The number of rotatable bonds is 3.